The van der Waals surface area contributed by atoms with E-state index in [0.717, 1.165) is 22.3 Å². The van der Waals surface area contributed by atoms with Gasteiger partial charge in [0.2, 0.25) is 6.79 Å². The molecule has 2 aromatic heterocycles. The van der Waals surface area contributed by atoms with Gasteiger partial charge >= 0.3 is 11.9 Å². The van der Waals surface area contributed by atoms with Gasteiger partial charge in [-0.05, 0) is 49.2 Å². The van der Waals surface area contributed by atoms with E-state index in [1.165, 1.54) is 24.3 Å². The van der Waals surface area contributed by atoms with Gasteiger partial charge in [0.05, 0.1) is 20.9 Å². The first-order valence-corrected chi connectivity index (χ1v) is 18.7. The molecule has 0 bridgehead atoms. The van der Waals surface area contributed by atoms with Crippen LogP contribution in [0.2, 0.25) is 0 Å². The Morgan fingerprint density at radius 1 is 0.529 bits per heavy atom. The number of aromatic nitrogens is 2. The first-order chi connectivity index (χ1) is 24.4. The van der Waals surface area contributed by atoms with Crippen molar-refractivity contribution in [3.63, 3.8) is 0 Å². The second kappa shape index (κ2) is 14.5. The van der Waals surface area contributed by atoms with Crippen molar-refractivity contribution < 1.29 is 44.9 Å². The molecule has 0 fully saturated rings. The predicted molar refractivity (Wildman–Crippen MR) is 185 cm³/mol. The lowest BCUT2D eigenvalue weighted by Crippen LogP contribution is -2.23. The molecule has 0 spiro atoms. The molecule has 51 heavy (non-hydrogen) atoms. The number of nitrogens with zero attached hydrogens (tertiary/aromatic N) is 2. The van der Waals surface area contributed by atoms with Crippen LogP contribution in [0.15, 0.2) is 128 Å². The Morgan fingerprint density at radius 3 is 1.24 bits per heavy atom. The minimum atomic E-state index is -4.14. The Kier molecular flexibility index (Phi) is 9.98. The fraction of sp³-hybridized carbons (Fsp3) is 0.135. The third-order valence-corrected chi connectivity index (χ3v) is 11.1. The highest BCUT2D eigenvalue weighted by Crippen LogP contribution is 2.36. The number of rotatable bonds is 12. The van der Waals surface area contributed by atoms with Crippen molar-refractivity contribution in [1.29, 1.82) is 0 Å². The molecule has 0 unspecified atom stereocenters. The number of ether oxygens (including phenoxy) is 2. The summed E-state index contributed by atoms with van der Waals surface area (Å²) in [5, 5.41) is 8.27. The van der Waals surface area contributed by atoms with Crippen LogP contribution in [0.1, 0.15) is 11.5 Å². The highest BCUT2D eigenvalue weighted by atomic mass is 32.2. The van der Waals surface area contributed by atoms with Crippen LogP contribution < -0.4 is 0 Å². The number of esters is 2. The van der Waals surface area contributed by atoms with Crippen LogP contribution in [0.4, 0.5) is 0 Å². The first-order valence-electron chi connectivity index (χ1n) is 15.4. The molecule has 0 saturated heterocycles. The number of carbonyl (C=O) groups excluding carboxylic acids is 2. The molecule has 2 heterocycles. The Bertz CT molecular complexity index is 2230. The maximum absolute atomic E-state index is 12.9. The Morgan fingerprint density at radius 2 is 0.882 bits per heavy atom. The quantitative estimate of drug-likeness (QED) is 0.103. The van der Waals surface area contributed by atoms with Gasteiger partial charge < -0.3 is 18.5 Å². The minimum Gasteiger partial charge on any atom is -0.427 e. The van der Waals surface area contributed by atoms with Crippen molar-refractivity contribution in [2.45, 2.75) is 23.6 Å². The Balaban J connectivity index is 1.02. The molecular formula is C37H30N2O10S2. The third kappa shape index (κ3) is 7.82. The summed E-state index contributed by atoms with van der Waals surface area (Å²) in [7, 11) is -8.27. The molecule has 12 nitrogen and oxygen atoms in total. The summed E-state index contributed by atoms with van der Waals surface area (Å²) in [4.78, 5) is 24.4. The van der Waals surface area contributed by atoms with E-state index in [0.29, 0.717) is 34.0 Å². The van der Waals surface area contributed by atoms with Gasteiger partial charge in [0, 0.05) is 11.1 Å². The third-order valence-electron chi connectivity index (χ3n) is 7.88. The second-order valence-corrected chi connectivity index (χ2v) is 15.4. The van der Waals surface area contributed by atoms with E-state index >= 15 is 0 Å². The summed E-state index contributed by atoms with van der Waals surface area (Å²) < 4.78 is 71.9. The normalized spacial score (nSPS) is 11.6. The van der Waals surface area contributed by atoms with Crippen molar-refractivity contribution in [2.75, 3.05) is 18.3 Å². The Labute approximate surface area is 293 Å². The molecule has 0 saturated carbocycles. The molecule has 6 aromatic rings. The Hall–Kier alpha value is -5.86. The summed E-state index contributed by atoms with van der Waals surface area (Å²) in [6, 6.07) is 30.5. The highest BCUT2D eigenvalue weighted by Gasteiger charge is 2.25. The standard InChI is InChI=1S/C37H30N2O10S2/c1-24-34(26-9-5-3-6-10-26)36(38-48-24)28-13-17-30(18-14-28)50(42,43)21-32(40)46-23-47-33(41)22-51(44,45)31-19-15-29(16-20-31)37-35(25(2)49-39-37)27-11-7-4-8-12-27/h3-20H,21-23H2,1-2H3. The number of aryl methyl sites for hydroxylation is 2. The zero-order valence-corrected chi connectivity index (χ0v) is 28.9. The van der Waals surface area contributed by atoms with Crippen LogP contribution in [-0.4, -0.2) is 57.4 Å². The molecule has 260 valence electrons. The van der Waals surface area contributed by atoms with Crippen molar-refractivity contribution in [2.24, 2.45) is 0 Å². The lowest BCUT2D eigenvalue weighted by Gasteiger charge is -2.09. The summed E-state index contributed by atoms with van der Waals surface area (Å²) in [5.41, 5.74) is 5.57. The van der Waals surface area contributed by atoms with Gasteiger partial charge in [-0.1, -0.05) is 95.2 Å². The van der Waals surface area contributed by atoms with Crippen LogP contribution in [0.25, 0.3) is 44.8 Å². The topological polar surface area (TPSA) is 173 Å². The number of hydrogen-bond acceptors (Lipinski definition) is 12. The summed E-state index contributed by atoms with van der Waals surface area (Å²) in [6.07, 6.45) is 0. The summed E-state index contributed by atoms with van der Waals surface area (Å²) in [5.74, 6) is -3.27. The van der Waals surface area contributed by atoms with Gasteiger partial charge in [0.25, 0.3) is 0 Å². The number of carbonyl (C=O) groups is 2. The van der Waals surface area contributed by atoms with E-state index in [4.69, 9.17) is 18.5 Å². The smallest absolute Gasteiger partial charge is 0.324 e. The van der Waals surface area contributed by atoms with Crippen LogP contribution in [0, 0.1) is 13.8 Å². The molecule has 0 aliphatic rings. The van der Waals surface area contributed by atoms with E-state index in [1.807, 2.05) is 60.7 Å². The summed E-state index contributed by atoms with van der Waals surface area (Å²) in [6.45, 7) is 2.59. The number of sulfone groups is 2. The van der Waals surface area contributed by atoms with E-state index in [-0.39, 0.29) is 9.79 Å². The fourth-order valence-electron chi connectivity index (χ4n) is 5.39. The van der Waals surface area contributed by atoms with Gasteiger partial charge in [0.15, 0.2) is 31.2 Å². The molecular weight excluding hydrogens is 697 g/mol. The van der Waals surface area contributed by atoms with Crippen LogP contribution >= 0.6 is 0 Å². The lowest BCUT2D eigenvalue weighted by atomic mass is 10.00. The molecule has 0 aliphatic carbocycles. The maximum atomic E-state index is 12.9. The van der Waals surface area contributed by atoms with Crippen molar-refractivity contribution >= 4 is 31.6 Å². The van der Waals surface area contributed by atoms with E-state index in [9.17, 15) is 26.4 Å². The number of hydrogen-bond donors (Lipinski definition) is 0. The average molecular weight is 727 g/mol. The lowest BCUT2D eigenvalue weighted by molar-refractivity contribution is -0.163. The molecule has 0 radical (unpaired) electrons. The molecule has 0 aliphatic heterocycles. The van der Waals surface area contributed by atoms with Gasteiger partial charge in [-0.2, -0.15) is 0 Å². The van der Waals surface area contributed by atoms with Gasteiger partial charge in [-0.3, -0.25) is 9.59 Å². The zero-order valence-electron chi connectivity index (χ0n) is 27.3. The SMILES string of the molecule is Cc1onc(-c2ccc(S(=O)(=O)CC(=O)OCOC(=O)CS(=O)(=O)c3ccc(-c4noc(C)c4-c4ccccc4)cc3)cc2)c1-c1ccccc1. The minimum absolute atomic E-state index is 0.145. The summed E-state index contributed by atoms with van der Waals surface area (Å²) >= 11 is 0. The van der Waals surface area contributed by atoms with Gasteiger partial charge in [-0.15, -0.1) is 0 Å². The first kappa shape index (κ1) is 35.0. The van der Waals surface area contributed by atoms with Crippen LogP contribution in [0.5, 0.6) is 0 Å². The average Bonchev–Trinajstić information content (AvgIpc) is 3.70. The van der Waals surface area contributed by atoms with Crippen LogP contribution in [0.3, 0.4) is 0 Å². The largest absolute Gasteiger partial charge is 0.427 e. The van der Waals surface area contributed by atoms with Gasteiger partial charge in [0.1, 0.15) is 22.9 Å². The van der Waals surface area contributed by atoms with Crippen LogP contribution in [-0.2, 0) is 38.7 Å². The fourth-order valence-corrected chi connectivity index (χ4v) is 7.61. The van der Waals surface area contributed by atoms with E-state index < -0.39 is 49.9 Å². The van der Waals surface area contributed by atoms with Crippen molar-refractivity contribution in [3.05, 3.63) is 121 Å². The van der Waals surface area contributed by atoms with E-state index in [1.54, 1.807) is 38.1 Å². The number of benzene rings is 4. The zero-order chi connectivity index (χ0) is 36.2. The molecule has 4 aromatic carbocycles. The van der Waals surface area contributed by atoms with Gasteiger partial charge in [-0.25, -0.2) is 16.8 Å². The molecule has 6 rings (SSSR count). The molecule has 0 amide bonds. The van der Waals surface area contributed by atoms with Crippen molar-refractivity contribution in [1.82, 2.24) is 10.3 Å². The van der Waals surface area contributed by atoms with Crippen molar-refractivity contribution in [3.8, 4) is 44.8 Å². The van der Waals surface area contributed by atoms with E-state index in [2.05, 4.69) is 10.3 Å². The molecule has 0 N–H and O–H groups in total. The molecule has 0 atom stereocenters. The predicted octanol–water partition coefficient (Wildman–Crippen LogP) is 6.24. The second-order valence-electron chi connectivity index (χ2n) is 11.4. The molecule has 14 heteroatoms. The monoisotopic (exact) mass is 726 g/mol. The maximum Gasteiger partial charge on any atom is 0.324 e. The highest BCUT2D eigenvalue weighted by molar-refractivity contribution is 7.92.